The average Bonchev–Trinajstić information content (AvgIpc) is 3.13. The molecular formula is C28H35FN2O3. The second-order valence-corrected chi connectivity index (χ2v) is 11.2. The van der Waals surface area contributed by atoms with Gasteiger partial charge in [0.2, 0.25) is 0 Å². The number of nitrogens with zero attached hydrogens (tertiary/aromatic N) is 1. The number of hydrogen-bond acceptors (Lipinski definition) is 4. The van der Waals surface area contributed by atoms with E-state index in [1.807, 2.05) is 25.1 Å². The lowest BCUT2D eigenvalue weighted by atomic mass is 9.77. The molecule has 0 radical (unpaired) electrons. The highest BCUT2D eigenvalue weighted by molar-refractivity contribution is 5.82. The van der Waals surface area contributed by atoms with E-state index in [0.29, 0.717) is 17.7 Å². The fourth-order valence-corrected chi connectivity index (χ4v) is 5.01. The number of pyridine rings is 1. The van der Waals surface area contributed by atoms with Crippen LogP contribution in [0.5, 0.6) is 11.5 Å². The molecule has 2 aromatic heterocycles. The van der Waals surface area contributed by atoms with Crippen LogP contribution in [-0.4, -0.2) is 35.9 Å². The monoisotopic (exact) mass is 466 g/mol. The summed E-state index contributed by atoms with van der Waals surface area (Å²) in [5.41, 5.74) is 1.88. The fraction of sp³-hybridized carbons (Fsp3) is 0.464. The molecule has 0 fully saturated rings. The molecule has 5 nitrogen and oxygen atoms in total. The summed E-state index contributed by atoms with van der Waals surface area (Å²) in [7, 11) is 1.66. The van der Waals surface area contributed by atoms with Gasteiger partial charge >= 0.3 is 0 Å². The summed E-state index contributed by atoms with van der Waals surface area (Å²) >= 11 is 0. The summed E-state index contributed by atoms with van der Waals surface area (Å²) in [5.74, 6) is 0.308. The number of fused-ring (bicyclic) bond motifs is 2. The molecule has 182 valence electrons. The van der Waals surface area contributed by atoms with Crippen LogP contribution in [0.3, 0.4) is 0 Å². The number of aryl methyl sites for hydroxylation is 1. The molecule has 2 heterocycles. The highest BCUT2D eigenvalue weighted by atomic mass is 19.1. The third-order valence-corrected chi connectivity index (χ3v) is 5.96. The SMILES string of the molecule is COC1C=c2c(Oc3ccc4[nH]c(C)cc4c3F)ccnc2=CC1OCC(C)(C)CC(C)(C)C. The Morgan fingerprint density at radius 1 is 1.03 bits per heavy atom. The van der Waals surface area contributed by atoms with Crippen LogP contribution in [0, 0.1) is 23.6 Å². The zero-order chi connectivity index (χ0) is 24.7. The molecule has 2 atom stereocenters. The number of hydrogen-bond donors (Lipinski definition) is 1. The van der Waals surface area contributed by atoms with E-state index >= 15 is 4.39 Å². The molecule has 1 aliphatic carbocycles. The first kappa shape index (κ1) is 24.4. The summed E-state index contributed by atoms with van der Waals surface area (Å²) in [5, 5.41) is 2.02. The smallest absolute Gasteiger partial charge is 0.175 e. The Balaban J connectivity index is 1.62. The van der Waals surface area contributed by atoms with Crippen molar-refractivity contribution in [3.63, 3.8) is 0 Å². The van der Waals surface area contributed by atoms with Gasteiger partial charge in [0.15, 0.2) is 11.6 Å². The highest BCUT2D eigenvalue weighted by Gasteiger charge is 2.29. The quantitative estimate of drug-likeness (QED) is 0.517. The predicted molar refractivity (Wildman–Crippen MR) is 134 cm³/mol. The summed E-state index contributed by atoms with van der Waals surface area (Å²) in [6.07, 6.45) is 6.06. The number of aromatic nitrogens is 2. The number of methoxy groups -OCH3 is 1. The Hall–Kier alpha value is -2.70. The maximum Gasteiger partial charge on any atom is 0.175 e. The Morgan fingerprint density at radius 3 is 2.50 bits per heavy atom. The first-order valence-corrected chi connectivity index (χ1v) is 11.7. The van der Waals surface area contributed by atoms with E-state index in [1.54, 1.807) is 31.5 Å². The number of halogens is 1. The Labute approximate surface area is 200 Å². The molecule has 4 rings (SSSR count). The van der Waals surface area contributed by atoms with Crippen molar-refractivity contribution in [3.8, 4) is 11.5 Å². The van der Waals surface area contributed by atoms with Crippen LogP contribution < -0.4 is 15.3 Å². The maximum absolute atomic E-state index is 15.1. The van der Waals surface area contributed by atoms with Gasteiger partial charge in [0.25, 0.3) is 0 Å². The molecule has 0 bridgehead atoms. The lowest BCUT2D eigenvalue weighted by Gasteiger charge is -2.34. The molecule has 0 spiro atoms. The van der Waals surface area contributed by atoms with Crippen molar-refractivity contribution < 1.29 is 18.6 Å². The third-order valence-electron chi connectivity index (χ3n) is 5.96. The Morgan fingerprint density at radius 2 is 1.79 bits per heavy atom. The molecule has 2 unspecified atom stereocenters. The van der Waals surface area contributed by atoms with Gasteiger partial charge in [-0.3, -0.25) is 4.98 Å². The van der Waals surface area contributed by atoms with Crippen LogP contribution in [0.2, 0.25) is 0 Å². The fourth-order valence-electron chi connectivity index (χ4n) is 5.01. The van der Waals surface area contributed by atoms with E-state index in [-0.39, 0.29) is 28.8 Å². The average molecular weight is 467 g/mol. The summed E-state index contributed by atoms with van der Waals surface area (Å²) in [6.45, 7) is 13.7. The molecule has 0 saturated heterocycles. The third kappa shape index (κ3) is 5.34. The van der Waals surface area contributed by atoms with Gasteiger partial charge in [-0.2, -0.15) is 0 Å². The first-order valence-electron chi connectivity index (χ1n) is 11.7. The molecular weight excluding hydrogens is 431 g/mol. The van der Waals surface area contributed by atoms with Crippen molar-refractivity contribution in [2.24, 2.45) is 10.8 Å². The number of nitrogens with one attached hydrogen (secondary N) is 1. The maximum atomic E-state index is 15.1. The largest absolute Gasteiger partial charge is 0.454 e. The summed E-state index contributed by atoms with van der Waals surface area (Å²) in [4.78, 5) is 7.67. The van der Waals surface area contributed by atoms with Gasteiger partial charge in [0.1, 0.15) is 18.0 Å². The van der Waals surface area contributed by atoms with Gasteiger partial charge in [-0.25, -0.2) is 4.39 Å². The molecule has 0 saturated carbocycles. The summed E-state index contributed by atoms with van der Waals surface area (Å²) in [6, 6.07) is 6.99. The van der Waals surface area contributed by atoms with E-state index in [0.717, 1.165) is 28.2 Å². The second-order valence-electron chi connectivity index (χ2n) is 11.2. The number of H-pyrrole nitrogens is 1. The van der Waals surface area contributed by atoms with Crippen LogP contribution >= 0.6 is 0 Å². The normalized spacial score (nSPS) is 18.4. The van der Waals surface area contributed by atoms with Gasteiger partial charge in [0, 0.05) is 35.1 Å². The van der Waals surface area contributed by atoms with Crippen molar-refractivity contribution in [3.05, 3.63) is 52.5 Å². The van der Waals surface area contributed by atoms with Gasteiger partial charge in [-0.05, 0) is 60.6 Å². The molecule has 0 amide bonds. The minimum Gasteiger partial charge on any atom is -0.454 e. The van der Waals surface area contributed by atoms with Crippen LogP contribution in [0.1, 0.15) is 46.7 Å². The van der Waals surface area contributed by atoms with Gasteiger partial charge in [-0.1, -0.05) is 34.6 Å². The van der Waals surface area contributed by atoms with Crippen LogP contribution in [0.4, 0.5) is 4.39 Å². The predicted octanol–water partition coefficient (Wildman–Crippen LogP) is 5.24. The Bertz CT molecular complexity index is 1300. The lowest BCUT2D eigenvalue weighted by molar-refractivity contribution is -0.0339. The van der Waals surface area contributed by atoms with Crippen molar-refractivity contribution in [2.45, 2.75) is 60.2 Å². The molecule has 1 aliphatic rings. The van der Waals surface area contributed by atoms with E-state index in [2.05, 4.69) is 44.6 Å². The minimum atomic E-state index is -0.391. The molecule has 3 aromatic rings. The number of rotatable bonds is 7. The van der Waals surface area contributed by atoms with Crippen LogP contribution in [-0.2, 0) is 9.47 Å². The zero-order valence-corrected chi connectivity index (χ0v) is 21.2. The zero-order valence-electron chi connectivity index (χ0n) is 21.2. The van der Waals surface area contributed by atoms with Gasteiger partial charge in [-0.15, -0.1) is 0 Å². The number of ether oxygens (including phenoxy) is 3. The van der Waals surface area contributed by atoms with E-state index < -0.39 is 5.82 Å². The van der Waals surface area contributed by atoms with Crippen molar-refractivity contribution in [1.82, 2.24) is 9.97 Å². The minimum absolute atomic E-state index is 0.0236. The van der Waals surface area contributed by atoms with E-state index in [9.17, 15) is 0 Å². The van der Waals surface area contributed by atoms with Gasteiger partial charge in [0.05, 0.1) is 12.0 Å². The molecule has 1 N–H and O–H groups in total. The Kier molecular flexibility index (Phi) is 6.58. The van der Waals surface area contributed by atoms with E-state index in [4.69, 9.17) is 14.2 Å². The standard InChI is InChI=1S/C28H35FN2O3/c1-17-12-19-20(31-17)8-9-23(26(19)29)34-22-10-11-30-21-14-25(24(32-7)13-18(21)22)33-16-28(5,6)15-27(2,3)4/h8-14,24-25,31H,15-16H2,1-7H3. The van der Waals surface area contributed by atoms with Crippen LogP contribution in [0.25, 0.3) is 23.1 Å². The second kappa shape index (κ2) is 9.16. The number of benzene rings is 1. The highest BCUT2D eigenvalue weighted by Crippen LogP contribution is 2.34. The molecule has 0 aliphatic heterocycles. The van der Waals surface area contributed by atoms with Gasteiger partial charge < -0.3 is 19.2 Å². The van der Waals surface area contributed by atoms with E-state index in [1.165, 1.54) is 0 Å². The summed E-state index contributed by atoms with van der Waals surface area (Å²) < 4.78 is 33.2. The lowest BCUT2D eigenvalue weighted by Crippen LogP contribution is -2.43. The van der Waals surface area contributed by atoms with Crippen molar-refractivity contribution >= 4 is 23.1 Å². The molecule has 34 heavy (non-hydrogen) atoms. The first-order chi connectivity index (χ1) is 16.0. The number of aromatic amines is 1. The molecule has 1 aromatic carbocycles. The topological polar surface area (TPSA) is 56.4 Å². The molecule has 6 heteroatoms. The van der Waals surface area contributed by atoms with Crippen molar-refractivity contribution in [2.75, 3.05) is 13.7 Å². The van der Waals surface area contributed by atoms with Crippen molar-refractivity contribution in [1.29, 1.82) is 0 Å². The van der Waals surface area contributed by atoms with Crippen LogP contribution in [0.15, 0.2) is 30.5 Å².